The Morgan fingerprint density at radius 3 is 2.71 bits per heavy atom. The Kier molecular flexibility index (Phi) is 3.49. The summed E-state index contributed by atoms with van der Waals surface area (Å²) in [5.41, 5.74) is 0. The van der Waals surface area contributed by atoms with Crippen molar-refractivity contribution >= 4 is 29.5 Å². The Hall–Kier alpha value is -0.450. The van der Waals surface area contributed by atoms with Gasteiger partial charge in [-0.3, -0.25) is 0 Å². The van der Waals surface area contributed by atoms with Gasteiger partial charge in [-0.25, -0.2) is 10.1 Å². The van der Waals surface area contributed by atoms with Crippen molar-refractivity contribution in [3.05, 3.63) is 10.1 Å². The lowest BCUT2D eigenvalue weighted by molar-refractivity contribution is -0.284. The quantitative estimate of drug-likeness (QED) is 0.186. The summed E-state index contributed by atoms with van der Waals surface area (Å²) in [6.07, 6.45) is 0. The van der Waals surface area contributed by atoms with Gasteiger partial charge in [-0.15, -0.1) is 0 Å². The summed E-state index contributed by atoms with van der Waals surface area (Å²) in [5, 5.41) is 11.2. The van der Waals surface area contributed by atoms with Crippen molar-refractivity contribution in [2.75, 3.05) is 0 Å². The van der Waals surface area contributed by atoms with Gasteiger partial charge in [-0.1, -0.05) is 4.40 Å². The van der Waals surface area contributed by atoms with Crippen LogP contribution in [0.15, 0.2) is 4.40 Å². The minimum absolute atomic E-state index is 0.163. The molecule has 0 aliphatic heterocycles. The average Bonchev–Trinajstić information content (AvgIpc) is 1.61. The van der Waals surface area contributed by atoms with Gasteiger partial charge < -0.3 is 0 Å². The monoisotopic (exact) mass is 136 g/mol. The van der Waals surface area contributed by atoms with Gasteiger partial charge in [-0.2, -0.15) is 0 Å². The first-order valence-corrected chi connectivity index (χ1v) is 2.30. The standard InChI is InChI=1S/CN2O2S2/c4-3(5)7-2-1-6. The molecule has 0 rings (SSSR count). The van der Waals surface area contributed by atoms with Crippen LogP contribution in [0.4, 0.5) is 0 Å². The van der Waals surface area contributed by atoms with Crippen molar-refractivity contribution in [3.8, 4) is 0 Å². The first-order chi connectivity index (χ1) is 3.27. The van der Waals surface area contributed by atoms with E-state index in [1.54, 1.807) is 0 Å². The minimum atomic E-state index is -0.667. The first-order valence-electron chi connectivity index (χ1n) is 1.16. The van der Waals surface area contributed by atoms with Crippen LogP contribution in [-0.4, -0.2) is 9.49 Å². The lowest BCUT2D eigenvalue weighted by atomic mass is 11.8. The fourth-order valence-electron chi connectivity index (χ4n) is 0.0500. The van der Waals surface area contributed by atoms with Gasteiger partial charge in [-0.05, 0) is 12.2 Å². The van der Waals surface area contributed by atoms with Crippen LogP contribution >= 0.6 is 24.4 Å². The Labute approximate surface area is 49.0 Å². The van der Waals surface area contributed by atoms with Gasteiger partial charge in [0.1, 0.15) is 4.33 Å². The van der Waals surface area contributed by atoms with E-state index in [9.17, 15) is 10.1 Å². The fraction of sp³-hybridized carbons (Fsp3) is 0. The van der Waals surface area contributed by atoms with Crippen LogP contribution < -0.4 is 0 Å². The van der Waals surface area contributed by atoms with Crippen LogP contribution in [-0.2, 0) is 0 Å². The molecule has 0 saturated heterocycles. The molecule has 0 spiro atoms. The normalized spacial score (nSPS) is 6.86. The molecule has 0 aliphatic carbocycles. The summed E-state index contributed by atoms with van der Waals surface area (Å²) >= 11 is 4.19. The molecule has 6 heteroatoms. The Bertz CT molecular complexity index is 117. The van der Waals surface area contributed by atoms with Crippen molar-refractivity contribution in [3.63, 3.8) is 0 Å². The Morgan fingerprint density at radius 2 is 2.57 bits per heavy atom. The van der Waals surface area contributed by atoms with Gasteiger partial charge in [0.05, 0.1) is 5.16 Å². The van der Waals surface area contributed by atoms with Crippen molar-refractivity contribution < 1.29 is 4.33 Å². The highest BCUT2D eigenvalue weighted by atomic mass is 32.2. The molecule has 0 saturated carbocycles. The highest BCUT2D eigenvalue weighted by Crippen LogP contribution is 1.97. The van der Waals surface area contributed by atoms with Crippen LogP contribution in [0.2, 0.25) is 0 Å². The SMILES string of the molecule is O=[N+]([O-])SN=C=S. The molecule has 0 aromatic carbocycles. The van der Waals surface area contributed by atoms with Gasteiger partial charge in [0.25, 0.3) is 0 Å². The number of rotatable bonds is 2. The molecule has 0 atom stereocenters. The molecule has 0 heterocycles. The molecule has 0 N–H and O–H groups in total. The summed E-state index contributed by atoms with van der Waals surface area (Å²) in [4.78, 5) is 9.35. The second-order valence-corrected chi connectivity index (χ2v) is 1.31. The molecule has 0 unspecified atom stereocenters. The smallest absolute Gasteiger partial charge is 0.249 e. The zero-order chi connectivity index (χ0) is 5.70. The molecule has 0 radical (unpaired) electrons. The molecule has 0 aromatic heterocycles. The molecule has 0 fully saturated rings. The molecule has 0 aliphatic rings. The maximum absolute atomic E-state index is 9.35. The number of hydrogen-bond donors (Lipinski definition) is 0. The third kappa shape index (κ3) is 5.55. The molecular formula is CN2O2S2. The highest BCUT2D eigenvalue weighted by molar-refractivity contribution is 7.92. The van der Waals surface area contributed by atoms with Gasteiger partial charge >= 0.3 is 12.1 Å². The van der Waals surface area contributed by atoms with Gasteiger partial charge in [0.2, 0.25) is 0 Å². The molecule has 0 aromatic rings. The lowest BCUT2D eigenvalue weighted by Crippen LogP contribution is -1.75. The van der Waals surface area contributed by atoms with E-state index in [2.05, 4.69) is 16.6 Å². The van der Waals surface area contributed by atoms with Gasteiger partial charge in [0, 0.05) is 0 Å². The third-order valence-corrected chi connectivity index (χ3v) is 0.658. The van der Waals surface area contributed by atoms with Crippen molar-refractivity contribution in [2.24, 2.45) is 4.40 Å². The second kappa shape index (κ2) is 3.73. The molecule has 38 valence electrons. The predicted octanol–water partition coefficient (Wildman–Crippen LogP) is 0.929. The number of thiocarbonyl (C=S) groups is 1. The van der Waals surface area contributed by atoms with E-state index in [1.807, 2.05) is 5.16 Å². The zero-order valence-electron chi connectivity index (χ0n) is 3.03. The topological polar surface area (TPSA) is 55.5 Å². The summed E-state index contributed by atoms with van der Waals surface area (Å²) in [6.45, 7) is 0. The summed E-state index contributed by atoms with van der Waals surface area (Å²) in [7, 11) is 0. The van der Waals surface area contributed by atoms with E-state index < -0.39 is 4.33 Å². The number of nitrogens with zero attached hydrogens (tertiary/aromatic N) is 2. The predicted molar refractivity (Wildman–Crippen MR) is 29.6 cm³/mol. The third-order valence-electron chi connectivity index (χ3n) is 0.145. The molecular weight excluding hydrogens is 136 g/mol. The van der Waals surface area contributed by atoms with Crippen molar-refractivity contribution in [1.29, 1.82) is 0 Å². The summed E-state index contributed by atoms with van der Waals surface area (Å²) in [6, 6.07) is 0. The van der Waals surface area contributed by atoms with Crippen LogP contribution in [0.1, 0.15) is 0 Å². The molecule has 0 bridgehead atoms. The van der Waals surface area contributed by atoms with E-state index in [-0.39, 0.29) is 12.1 Å². The van der Waals surface area contributed by atoms with E-state index in [0.29, 0.717) is 0 Å². The Morgan fingerprint density at radius 1 is 2.00 bits per heavy atom. The van der Waals surface area contributed by atoms with Gasteiger partial charge in [0.15, 0.2) is 0 Å². The van der Waals surface area contributed by atoms with Crippen molar-refractivity contribution in [1.82, 2.24) is 0 Å². The maximum atomic E-state index is 9.35. The largest absolute Gasteiger partial charge is 0.386 e. The fourth-order valence-corrected chi connectivity index (χ4v) is 0.250. The number of isothiocyanates is 1. The molecule has 0 amide bonds. The average molecular weight is 136 g/mol. The lowest BCUT2D eigenvalue weighted by Gasteiger charge is -1.69. The zero-order valence-corrected chi connectivity index (χ0v) is 4.66. The highest BCUT2D eigenvalue weighted by Gasteiger charge is 1.91. The second-order valence-electron chi connectivity index (χ2n) is 0.488. The van der Waals surface area contributed by atoms with E-state index in [1.165, 1.54) is 0 Å². The summed E-state index contributed by atoms with van der Waals surface area (Å²) in [5.74, 6) is 0. The van der Waals surface area contributed by atoms with E-state index in [4.69, 9.17) is 0 Å². The van der Waals surface area contributed by atoms with E-state index >= 15 is 0 Å². The van der Waals surface area contributed by atoms with Crippen LogP contribution in [0, 0.1) is 10.1 Å². The maximum Gasteiger partial charge on any atom is 0.386 e. The number of nitro groups is 1. The van der Waals surface area contributed by atoms with Crippen LogP contribution in [0.3, 0.4) is 0 Å². The van der Waals surface area contributed by atoms with Crippen molar-refractivity contribution in [2.45, 2.75) is 0 Å². The number of hydrogen-bond acceptors (Lipinski definition) is 5. The van der Waals surface area contributed by atoms with Crippen LogP contribution in [0.25, 0.3) is 0 Å². The Balaban J connectivity index is 3.32. The molecule has 7 heavy (non-hydrogen) atoms. The minimum Gasteiger partial charge on any atom is -0.249 e. The summed E-state index contributed by atoms with van der Waals surface area (Å²) < 4.78 is 2.29. The van der Waals surface area contributed by atoms with E-state index in [0.717, 1.165) is 0 Å². The first kappa shape index (κ1) is 6.55. The molecule has 4 nitrogen and oxygen atoms in total. The van der Waals surface area contributed by atoms with Crippen LogP contribution in [0.5, 0.6) is 0 Å².